The number of nitrogens with zero attached hydrogens (tertiary/aromatic N) is 1. The minimum atomic E-state index is -0.339. The topological polar surface area (TPSA) is 35.8 Å². The zero-order chi connectivity index (χ0) is 11.3. The molecule has 0 radical (unpaired) electrons. The van der Waals surface area contributed by atoms with Crippen molar-refractivity contribution >= 4 is 11.6 Å². The molecule has 1 N–H and O–H groups in total. The summed E-state index contributed by atoms with van der Waals surface area (Å²) in [7, 11) is 0. The number of rotatable bonds is 4. The van der Waals surface area contributed by atoms with Gasteiger partial charge in [0.15, 0.2) is 0 Å². The van der Waals surface area contributed by atoms with Crippen molar-refractivity contribution < 1.29 is 4.39 Å². The van der Waals surface area contributed by atoms with Gasteiger partial charge in [0.05, 0.1) is 12.0 Å². The Bertz CT molecular complexity index is 373. The Morgan fingerprint density at radius 1 is 1.60 bits per heavy atom. The van der Waals surface area contributed by atoms with E-state index in [4.69, 9.17) is 16.9 Å². The fourth-order valence-electron chi connectivity index (χ4n) is 1.13. The van der Waals surface area contributed by atoms with E-state index < -0.39 is 0 Å². The molecule has 0 aliphatic carbocycles. The highest BCUT2D eigenvalue weighted by Crippen LogP contribution is 2.16. The predicted molar refractivity (Wildman–Crippen MR) is 57.9 cm³/mol. The molecule has 0 bridgehead atoms. The van der Waals surface area contributed by atoms with Crippen molar-refractivity contribution in [3.8, 4) is 6.07 Å². The Morgan fingerprint density at radius 3 is 2.93 bits per heavy atom. The molecule has 1 aromatic rings. The summed E-state index contributed by atoms with van der Waals surface area (Å²) in [4.78, 5) is 0. The molecule has 0 heterocycles. The molecule has 0 saturated heterocycles. The Balaban J connectivity index is 2.48. The molecule has 15 heavy (non-hydrogen) atoms. The van der Waals surface area contributed by atoms with Crippen LogP contribution in [0, 0.1) is 23.1 Å². The van der Waals surface area contributed by atoms with E-state index >= 15 is 0 Å². The SMILES string of the molecule is CC(C#N)CNCc1ccc(F)cc1Cl. The number of nitrogens with one attached hydrogen (secondary N) is 1. The fourth-order valence-corrected chi connectivity index (χ4v) is 1.37. The molecular formula is C11H12ClFN2. The first-order valence-electron chi connectivity index (χ1n) is 4.67. The van der Waals surface area contributed by atoms with Crippen molar-refractivity contribution in [3.63, 3.8) is 0 Å². The van der Waals surface area contributed by atoms with Crippen LogP contribution in [0.4, 0.5) is 4.39 Å². The summed E-state index contributed by atoms with van der Waals surface area (Å²) in [6, 6.07) is 6.42. The van der Waals surface area contributed by atoms with Gasteiger partial charge in [-0.3, -0.25) is 0 Å². The monoisotopic (exact) mass is 226 g/mol. The third-order valence-electron chi connectivity index (χ3n) is 2.00. The molecule has 0 aliphatic rings. The molecule has 0 aromatic heterocycles. The molecule has 1 atom stereocenters. The van der Waals surface area contributed by atoms with Crippen LogP contribution in [0.3, 0.4) is 0 Å². The zero-order valence-electron chi connectivity index (χ0n) is 8.43. The molecule has 80 valence electrons. The second kappa shape index (κ2) is 5.69. The van der Waals surface area contributed by atoms with Gasteiger partial charge >= 0.3 is 0 Å². The summed E-state index contributed by atoms with van der Waals surface area (Å²) in [5.74, 6) is -0.377. The Hall–Kier alpha value is -1.11. The van der Waals surface area contributed by atoms with Crippen LogP contribution in [0.5, 0.6) is 0 Å². The van der Waals surface area contributed by atoms with E-state index in [-0.39, 0.29) is 11.7 Å². The van der Waals surface area contributed by atoms with E-state index in [1.54, 1.807) is 6.07 Å². The Kier molecular flexibility index (Phi) is 4.54. The normalized spacial score (nSPS) is 12.1. The van der Waals surface area contributed by atoms with E-state index in [0.717, 1.165) is 5.56 Å². The van der Waals surface area contributed by atoms with E-state index in [9.17, 15) is 4.39 Å². The molecule has 1 unspecified atom stereocenters. The highest BCUT2D eigenvalue weighted by molar-refractivity contribution is 6.31. The van der Waals surface area contributed by atoms with Gasteiger partial charge in [0.1, 0.15) is 5.82 Å². The molecule has 0 fully saturated rings. The van der Waals surface area contributed by atoms with Gasteiger partial charge in [0.2, 0.25) is 0 Å². The smallest absolute Gasteiger partial charge is 0.124 e. The molecule has 0 amide bonds. The lowest BCUT2D eigenvalue weighted by molar-refractivity contribution is 0.598. The molecule has 0 aliphatic heterocycles. The second-order valence-corrected chi connectivity index (χ2v) is 3.80. The first-order chi connectivity index (χ1) is 7.13. The van der Waals surface area contributed by atoms with Gasteiger partial charge in [-0.05, 0) is 24.6 Å². The van der Waals surface area contributed by atoms with Crippen molar-refractivity contribution in [1.82, 2.24) is 5.32 Å². The minimum Gasteiger partial charge on any atom is -0.311 e. The average molecular weight is 227 g/mol. The summed E-state index contributed by atoms with van der Waals surface area (Å²) in [5.41, 5.74) is 0.836. The van der Waals surface area contributed by atoms with Crippen LogP contribution in [0.2, 0.25) is 5.02 Å². The van der Waals surface area contributed by atoms with Crippen molar-refractivity contribution in [3.05, 3.63) is 34.6 Å². The Morgan fingerprint density at radius 2 is 2.33 bits per heavy atom. The molecule has 2 nitrogen and oxygen atoms in total. The first kappa shape index (κ1) is 12.0. The standard InChI is InChI=1S/C11H12ClFN2/c1-8(5-14)6-15-7-9-2-3-10(13)4-11(9)12/h2-4,8,15H,6-7H2,1H3. The first-order valence-corrected chi connectivity index (χ1v) is 5.05. The molecule has 1 aromatic carbocycles. The van der Waals surface area contributed by atoms with Gasteiger partial charge in [0, 0.05) is 18.1 Å². The van der Waals surface area contributed by atoms with Gasteiger partial charge in [-0.15, -0.1) is 0 Å². The average Bonchev–Trinajstić information content (AvgIpc) is 2.21. The summed E-state index contributed by atoms with van der Waals surface area (Å²) in [5, 5.41) is 12.0. The maximum Gasteiger partial charge on any atom is 0.124 e. The maximum atomic E-state index is 12.7. The summed E-state index contributed by atoms with van der Waals surface area (Å²) < 4.78 is 12.7. The summed E-state index contributed by atoms with van der Waals surface area (Å²) >= 11 is 5.83. The van der Waals surface area contributed by atoms with Gasteiger partial charge in [-0.1, -0.05) is 17.7 Å². The van der Waals surface area contributed by atoms with E-state index in [2.05, 4.69) is 11.4 Å². The largest absolute Gasteiger partial charge is 0.311 e. The van der Waals surface area contributed by atoms with Crippen LogP contribution in [0.15, 0.2) is 18.2 Å². The van der Waals surface area contributed by atoms with Gasteiger partial charge in [-0.25, -0.2) is 4.39 Å². The third kappa shape index (κ3) is 3.86. The van der Waals surface area contributed by atoms with Crippen LogP contribution in [-0.2, 0) is 6.54 Å². The van der Waals surface area contributed by atoms with Gasteiger partial charge in [-0.2, -0.15) is 5.26 Å². The van der Waals surface area contributed by atoms with Gasteiger partial charge < -0.3 is 5.32 Å². The maximum absolute atomic E-state index is 12.7. The molecule has 1 rings (SSSR count). The summed E-state index contributed by atoms with van der Waals surface area (Å²) in [6.45, 7) is 2.98. The van der Waals surface area contributed by atoms with E-state index in [0.29, 0.717) is 18.1 Å². The minimum absolute atomic E-state index is 0.0378. The van der Waals surface area contributed by atoms with Crippen molar-refractivity contribution in [2.24, 2.45) is 5.92 Å². The number of hydrogen-bond acceptors (Lipinski definition) is 2. The van der Waals surface area contributed by atoms with Crippen LogP contribution >= 0.6 is 11.6 Å². The van der Waals surface area contributed by atoms with Crippen LogP contribution in [0.1, 0.15) is 12.5 Å². The summed E-state index contributed by atoms with van der Waals surface area (Å²) in [6.07, 6.45) is 0. The number of benzene rings is 1. The highest BCUT2D eigenvalue weighted by Gasteiger charge is 2.03. The van der Waals surface area contributed by atoms with Crippen LogP contribution in [0.25, 0.3) is 0 Å². The lowest BCUT2D eigenvalue weighted by Crippen LogP contribution is -2.19. The van der Waals surface area contributed by atoms with E-state index in [1.807, 2.05) is 6.92 Å². The van der Waals surface area contributed by atoms with Crippen molar-refractivity contribution in [1.29, 1.82) is 5.26 Å². The highest BCUT2D eigenvalue weighted by atomic mass is 35.5. The molecule has 0 saturated carbocycles. The molecule has 0 spiro atoms. The predicted octanol–water partition coefficient (Wildman–Crippen LogP) is 2.73. The zero-order valence-corrected chi connectivity index (χ0v) is 9.18. The third-order valence-corrected chi connectivity index (χ3v) is 2.35. The van der Waals surface area contributed by atoms with Crippen LogP contribution < -0.4 is 5.32 Å². The lowest BCUT2D eigenvalue weighted by atomic mass is 10.2. The van der Waals surface area contributed by atoms with Crippen molar-refractivity contribution in [2.75, 3.05) is 6.54 Å². The quantitative estimate of drug-likeness (QED) is 0.857. The second-order valence-electron chi connectivity index (χ2n) is 3.40. The molecule has 4 heteroatoms. The molecular weight excluding hydrogens is 215 g/mol. The number of nitriles is 1. The number of halogens is 2. The van der Waals surface area contributed by atoms with Crippen molar-refractivity contribution in [2.45, 2.75) is 13.5 Å². The Labute approximate surface area is 93.7 Å². The number of hydrogen-bond donors (Lipinski definition) is 1. The van der Waals surface area contributed by atoms with E-state index in [1.165, 1.54) is 12.1 Å². The fraction of sp³-hybridized carbons (Fsp3) is 0.364. The van der Waals surface area contributed by atoms with Crippen LogP contribution in [-0.4, -0.2) is 6.54 Å². The lowest BCUT2D eigenvalue weighted by Gasteiger charge is -2.07. The van der Waals surface area contributed by atoms with Gasteiger partial charge in [0.25, 0.3) is 0 Å².